The molecule has 3 aliphatic rings. The van der Waals surface area contributed by atoms with Crippen molar-refractivity contribution in [2.75, 3.05) is 6.61 Å². The fraction of sp³-hybridized carbons (Fsp3) is 0.611. The van der Waals surface area contributed by atoms with Gasteiger partial charge in [0.25, 0.3) is 0 Å². The molecule has 0 aromatic heterocycles. The molecular weight excluding hydrogens is 248 g/mol. The minimum Gasteiger partial charge on any atom is -0.392 e. The molecule has 0 fully saturated rings. The van der Waals surface area contributed by atoms with Crippen LogP contribution in [0.25, 0.3) is 0 Å². The van der Waals surface area contributed by atoms with Gasteiger partial charge in [-0.05, 0) is 74.5 Å². The quantitative estimate of drug-likeness (QED) is 0.623. The lowest BCUT2D eigenvalue weighted by molar-refractivity contribution is -0.105. The van der Waals surface area contributed by atoms with Crippen molar-refractivity contribution in [1.29, 1.82) is 0 Å². The van der Waals surface area contributed by atoms with Crippen molar-refractivity contribution < 1.29 is 9.90 Å². The number of carbonyl (C=O) groups excluding carboxylic acids is 1. The molecule has 0 aliphatic heterocycles. The third-order valence-corrected chi connectivity index (χ3v) is 5.19. The molecule has 20 heavy (non-hydrogen) atoms. The van der Waals surface area contributed by atoms with Crippen LogP contribution < -0.4 is 0 Å². The van der Waals surface area contributed by atoms with Crippen LogP contribution in [0.15, 0.2) is 33.9 Å². The molecule has 2 nitrogen and oxygen atoms in total. The third-order valence-electron chi connectivity index (χ3n) is 5.19. The van der Waals surface area contributed by atoms with Gasteiger partial charge >= 0.3 is 0 Å². The van der Waals surface area contributed by atoms with Crippen LogP contribution in [0.4, 0.5) is 0 Å². The Labute approximate surface area is 121 Å². The topological polar surface area (TPSA) is 37.3 Å². The fourth-order valence-corrected chi connectivity index (χ4v) is 4.18. The predicted molar refractivity (Wildman–Crippen MR) is 80.3 cm³/mol. The molecule has 2 heteroatoms. The Morgan fingerprint density at radius 3 is 2.65 bits per heavy atom. The normalized spacial score (nSPS) is 27.2. The number of hydrogen-bond acceptors (Lipinski definition) is 2. The summed E-state index contributed by atoms with van der Waals surface area (Å²) in [7, 11) is 0. The van der Waals surface area contributed by atoms with E-state index in [2.05, 4.69) is 6.08 Å². The molecule has 0 spiro atoms. The van der Waals surface area contributed by atoms with E-state index in [9.17, 15) is 9.90 Å². The fourth-order valence-electron chi connectivity index (χ4n) is 4.18. The molecule has 3 aliphatic carbocycles. The van der Waals surface area contributed by atoms with E-state index in [0.29, 0.717) is 5.92 Å². The Hall–Kier alpha value is -1.15. The van der Waals surface area contributed by atoms with E-state index in [1.165, 1.54) is 54.4 Å². The SMILES string of the molecule is O=CC1=C(C2=C(CO)CCCC2)CCC1C1=CCCC1. The second-order valence-electron chi connectivity index (χ2n) is 6.26. The van der Waals surface area contributed by atoms with E-state index in [1.54, 1.807) is 0 Å². The highest BCUT2D eigenvalue weighted by Crippen LogP contribution is 2.44. The van der Waals surface area contributed by atoms with E-state index in [4.69, 9.17) is 0 Å². The van der Waals surface area contributed by atoms with Gasteiger partial charge in [-0.1, -0.05) is 11.6 Å². The lowest BCUT2D eigenvalue weighted by atomic mass is 9.85. The Balaban J connectivity index is 1.96. The minimum absolute atomic E-state index is 0.165. The lowest BCUT2D eigenvalue weighted by Crippen LogP contribution is -2.08. The summed E-state index contributed by atoms with van der Waals surface area (Å²) in [5.74, 6) is 0.374. The van der Waals surface area contributed by atoms with E-state index in [0.717, 1.165) is 37.5 Å². The lowest BCUT2D eigenvalue weighted by Gasteiger charge is -2.21. The smallest absolute Gasteiger partial charge is 0.146 e. The standard InChI is InChI=1S/C18H24O2/c19-11-14-7-3-4-8-15(14)17-10-9-16(18(17)12-20)13-5-1-2-6-13/h5,12,16,19H,1-4,6-11H2. The van der Waals surface area contributed by atoms with Crippen LogP contribution in [0.2, 0.25) is 0 Å². The van der Waals surface area contributed by atoms with Gasteiger partial charge in [-0.15, -0.1) is 0 Å². The zero-order valence-electron chi connectivity index (χ0n) is 12.2. The maximum atomic E-state index is 11.7. The second kappa shape index (κ2) is 6.09. The highest BCUT2D eigenvalue weighted by Gasteiger charge is 2.31. The average molecular weight is 272 g/mol. The van der Waals surface area contributed by atoms with Gasteiger partial charge in [-0.2, -0.15) is 0 Å². The largest absolute Gasteiger partial charge is 0.392 e. The summed E-state index contributed by atoms with van der Waals surface area (Å²) < 4.78 is 0. The van der Waals surface area contributed by atoms with Crippen molar-refractivity contribution in [2.24, 2.45) is 5.92 Å². The molecule has 1 N–H and O–H groups in total. The molecule has 0 aromatic carbocycles. The maximum Gasteiger partial charge on any atom is 0.146 e. The summed E-state index contributed by atoms with van der Waals surface area (Å²) in [5, 5.41) is 9.58. The van der Waals surface area contributed by atoms with Crippen molar-refractivity contribution >= 4 is 6.29 Å². The van der Waals surface area contributed by atoms with Gasteiger partial charge in [0.1, 0.15) is 6.29 Å². The van der Waals surface area contributed by atoms with Crippen LogP contribution >= 0.6 is 0 Å². The summed E-state index contributed by atoms with van der Waals surface area (Å²) in [6.45, 7) is 0.165. The Bertz CT molecular complexity index is 494. The second-order valence-corrected chi connectivity index (χ2v) is 6.26. The molecule has 0 saturated heterocycles. The maximum absolute atomic E-state index is 11.7. The van der Waals surface area contributed by atoms with Gasteiger partial charge < -0.3 is 5.11 Å². The summed E-state index contributed by atoms with van der Waals surface area (Å²) in [6, 6.07) is 0. The van der Waals surface area contributed by atoms with Crippen LogP contribution in [0.3, 0.4) is 0 Å². The van der Waals surface area contributed by atoms with Crippen LogP contribution in [-0.4, -0.2) is 18.0 Å². The number of aldehydes is 1. The first-order valence-electron chi connectivity index (χ1n) is 8.04. The van der Waals surface area contributed by atoms with Gasteiger partial charge in [0.2, 0.25) is 0 Å². The number of carbonyl (C=O) groups is 1. The van der Waals surface area contributed by atoms with Gasteiger partial charge in [-0.25, -0.2) is 0 Å². The highest BCUT2D eigenvalue weighted by atomic mass is 16.3. The zero-order chi connectivity index (χ0) is 13.9. The monoisotopic (exact) mass is 272 g/mol. The number of aliphatic hydroxyl groups excluding tert-OH is 1. The van der Waals surface area contributed by atoms with E-state index < -0.39 is 0 Å². The first-order valence-corrected chi connectivity index (χ1v) is 8.04. The molecular formula is C18H24O2. The Morgan fingerprint density at radius 2 is 1.95 bits per heavy atom. The van der Waals surface area contributed by atoms with Crippen LogP contribution in [-0.2, 0) is 4.79 Å². The third kappa shape index (κ3) is 2.42. The molecule has 0 amide bonds. The van der Waals surface area contributed by atoms with Crippen LogP contribution in [0.5, 0.6) is 0 Å². The summed E-state index contributed by atoms with van der Waals surface area (Å²) in [4.78, 5) is 11.7. The molecule has 0 saturated carbocycles. The zero-order valence-corrected chi connectivity index (χ0v) is 12.2. The Morgan fingerprint density at radius 1 is 1.10 bits per heavy atom. The first kappa shape index (κ1) is 13.8. The van der Waals surface area contributed by atoms with Gasteiger partial charge in [0, 0.05) is 11.5 Å². The summed E-state index contributed by atoms with van der Waals surface area (Å²) in [5.41, 5.74) is 6.31. The molecule has 1 atom stereocenters. The van der Waals surface area contributed by atoms with Crippen LogP contribution in [0.1, 0.15) is 57.8 Å². The number of aliphatic hydroxyl groups is 1. The van der Waals surface area contributed by atoms with Crippen molar-refractivity contribution in [3.63, 3.8) is 0 Å². The molecule has 3 rings (SSSR count). The van der Waals surface area contributed by atoms with Gasteiger partial charge in [0.15, 0.2) is 0 Å². The first-order chi connectivity index (χ1) is 9.85. The average Bonchev–Trinajstić information content (AvgIpc) is 3.15. The highest BCUT2D eigenvalue weighted by molar-refractivity contribution is 5.79. The number of hydrogen-bond donors (Lipinski definition) is 1. The molecule has 108 valence electrons. The summed E-state index contributed by atoms with van der Waals surface area (Å²) in [6.07, 6.45) is 13.6. The van der Waals surface area contributed by atoms with Crippen molar-refractivity contribution in [2.45, 2.75) is 57.8 Å². The van der Waals surface area contributed by atoms with E-state index in [-0.39, 0.29) is 6.61 Å². The molecule has 0 aromatic rings. The predicted octanol–water partition coefficient (Wildman–Crippen LogP) is 3.87. The van der Waals surface area contributed by atoms with Crippen LogP contribution in [0, 0.1) is 5.92 Å². The molecule has 0 radical (unpaired) electrons. The van der Waals surface area contributed by atoms with E-state index >= 15 is 0 Å². The molecule has 1 unspecified atom stereocenters. The molecule has 0 bridgehead atoms. The van der Waals surface area contributed by atoms with Crippen molar-refractivity contribution in [3.8, 4) is 0 Å². The van der Waals surface area contributed by atoms with Gasteiger partial charge in [-0.3, -0.25) is 4.79 Å². The minimum atomic E-state index is 0.165. The van der Waals surface area contributed by atoms with Crippen molar-refractivity contribution in [1.82, 2.24) is 0 Å². The van der Waals surface area contributed by atoms with Crippen molar-refractivity contribution in [3.05, 3.63) is 33.9 Å². The Kier molecular flexibility index (Phi) is 4.21. The van der Waals surface area contributed by atoms with E-state index in [1.807, 2.05) is 0 Å². The number of allylic oxidation sites excluding steroid dienone is 5. The molecule has 0 heterocycles. The van der Waals surface area contributed by atoms with Gasteiger partial charge in [0.05, 0.1) is 6.61 Å². The summed E-state index contributed by atoms with van der Waals surface area (Å²) >= 11 is 0. The number of rotatable bonds is 4.